The molecule has 0 radical (unpaired) electrons. The molecule has 20 heavy (non-hydrogen) atoms. The van der Waals surface area contributed by atoms with Crippen molar-refractivity contribution in [1.29, 1.82) is 0 Å². The first-order chi connectivity index (χ1) is 9.45. The van der Waals surface area contributed by atoms with Crippen LogP contribution in [-0.4, -0.2) is 26.1 Å². The molecule has 1 aromatic heterocycles. The van der Waals surface area contributed by atoms with Gasteiger partial charge in [0.25, 0.3) is 5.56 Å². The average molecular weight is 275 g/mol. The minimum absolute atomic E-state index is 0.299. The van der Waals surface area contributed by atoms with Crippen LogP contribution in [0.2, 0.25) is 0 Å². The van der Waals surface area contributed by atoms with Crippen molar-refractivity contribution in [2.45, 2.75) is 13.8 Å². The summed E-state index contributed by atoms with van der Waals surface area (Å²) >= 11 is 0. The SMILES string of the molecule is Cc1ccc(-n2c(O)c(C=NO)c(=O)[nH]c2=O)c(C)c1. The van der Waals surface area contributed by atoms with Crippen molar-refractivity contribution in [3.8, 4) is 11.6 Å². The Balaban J connectivity index is 2.84. The third-order valence-corrected chi connectivity index (χ3v) is 2.90. The van der Waals surface area contributed by atoms with Crippen molar-refractivity contribution in [1.82, 2.24) is 9.55 Å². The zero-order valence-electron chi connectivity index (χ0n) is 10.9. The van der Waals surface area contributed by atoms with E-state index in [1.165, 1.54) is 0 Å². The normalized spacial score (nSPS) is 11.1. The molecular weight excluding hydrogens is 262 g/mol. The first-order valence-electron chi connectivity index (χ1n) is 5.79. The van der Waals surface area contributed by atoms with E-state index in [0.717, 1.165) is 21.9 Å². The molecule has 0 aliphatic rings. The monoisotopic (exact) mass is 275 g/mol. The standard InChI is InChI=1S/C13H13N3O4/c1-7-3-4-10(8(2)5-7)16-12(18)9(6-14-20)11(17)15-13(16)19/h3-6,18,20H,1-2H3,(H,15,17,19). The quantitative estimate of drug-likeness (QED) is 0.425. The van der Waals surface area contributed by atoms with Crippen LogP contribution in [0.1, 0.15) is 16.7 Å². The molecule has 0 spiro atoms. The van der Waals surface area contributed by atoms with Gasteiger partial charge in [-0.1, -0.05) is 22.9 Å². The molecule has 0 atom stereocenters. The van der Waals surface area contributed by atoms with Crippen molar-refractivity contribution in [2.24, 2.45) is 5.16 Å². The first-order valence-corrected chi connectivity index (χ1v) is 5.79. The van der Waals surface area contributed by atoms with E-state index < -0.39 is 17.1 Å². The van der Waals surface area contributed by atoms with Gasteiger partial charge in [-0.15, -0.1) is 0 Å². The molecule has 0 aliphatic heterocycles. The van der Waals surface area contributed by atoms with Gasteiger partial charge in [0.2, 0.25) is 5.88 Å². The molecule has 0 saturated heterocycles. The summed E-state index contributed by atoms with van der Waals surface area (Å²) in [4.78, 5) is 25.5. The zero-order valence-corrected chi connectivity index (χ0v) is 10.9. The number of rotatable bonds is 2. The zero-order chi connectivity index (χ0) is 14.9. The van der Waals surface area contributed by atoms with Gasteiger partial charge in [-0.3, -0.25) is 9.78 Å². The smallest absolute Gasteiger partial charge is 0.335 e. The lowest BCUT2D eigenvalue weighted by Gasteiger charge is -2.12. The highest BCUT2D eigenvalue weighted by Crippen LogP contribution is 2.19. The number of aromatic amines is 1. The Bertz CT molecular complexity index is 802. The summed E-state index contributed by atoms with van der Waals surface area (Å²) in [6.45, 7) is 3.68. The predicted octanol–water partition coefficient (Wildman–Crippen LogP) is 0.656. The Morgan fingerprint density at radius 2 is 2.00 bits per heavy atom. The number of benzene rings is 1. The van der Waals surface area contributed by atoms with Crippen LogP contribution in [0.25, 0.3) is 5.69 Å². The molecule has 0 aliphatic carbocycles. The van der Waals surface area contributed by atoms with Gasteiger partial charge in [0.15, 0.2) is 0 Å². The minimum Gasteiger partial charge on any atom is -0.493 e. The van der Waals surface area contributed by atoms with Crippen LogP contribution < -0.4 is 11.2 Å². The molecule has 3 N–H and O–H groups in total. The number of oxime groups is 1. The van der Waals surface area contributed by atoms with Crippen LogP contribution in [0, 0.1) is 13.8 Å². The van der Waals surface area contributed by atoms with Crippen LogP contribution in [0.5, 0.6) is 5.88 Å². The van der Waals surface area contributed by atoms with Gasteiger partial charge < -0.3 is 10.3 Å². The molecule has 0 unspecified atom stereocenters. The van der Waals surface area contributed by atoms with Gasteiger partial charge in [0.1, 0.15) is 5.56 Å². The fourth-order valence-electron chi connectivity index (χ4n) is 1.99. The highest BCUT2D eigenvalue weighted by Gasteiger charge is 2.15. The third-order valence-electron chi connectivity index (χ3n) is 2.90. The summed E-state index contributed by atoms with van der Waals surface area (Å²) in [5.74, 6) is -0.580. The van der Waals surface area contributed by atoms with Crippen molar-refractivity contribution >= 4 is 6.21 Å². The molecule has 0 fully saturated rings. The maximum atomic E-state index is 11.9. The van der Waals surface area contributed by atoms with E-state index >= 15 is 0 Å². The van der Waals surface area contributed by atoms with E-state index in [1.807, 2.05) is 13.0 Å². The first kappa shape index (κ1) is 13.6. The largest absolute Gasteiger partial charge is 0.493 e. The number of aromatic nitrogens is 2. The summed E-state index contributed by atoms with van der Waals surface area (Å²) in [7, 11) is 0. The number of hydrogen-bond acceptors (Lipinski definition) is 5. The average Bonchev–Trinajstić information content (AvgIpc) is 2.37. The Hall–Kier alpha value is -2.83. The number of nitrogens with one attached hydrogen (secondary N) is 1. The lowest BCUT2D eigenvalue weighted by molar-refractivity contribution is 0.321. The van der Waals surface area contributed by atoms with Crippen molar-refractivity contribution in [3.63, 3.8) is 0 Å². The van der Waals surface area contributed by atoms with Crippen LogP contribution >= 0.6 is 0 Å². The van der Waals surface area contributed by atoms with Gasteiger partial charge in [0, 0.05) is 0 Å². The molecule has 1 heterocycles. The van der Waals surface area contributed by atoms with E-state index in [9.17, 15) is 14.7 Å². The predicted molar refractivity (Wildman–Crippen MR) is 73.2 cm³/mol. The number of hydrogen-bond donors (Lipinski definition) is 3. The molecule has 0 saturated carbocycles. The fraction of sp³-hybridized carbons (Fsp3) is 0.154. The summed E-state index contributed by atoms with van der Waals surface area (Å²) < 4.78 is 0.952. The Labute approximate surface area is 113 Å². The van der Waals surface area contributed by atoms with Gasteiger partial charge >= 0.3 is 5.69 Å². The maximum absolute atomic E-state index is 11.9. The van der Waals surface area contributed by atoms with Crippen molar-refractivity contribution < 1.29 is 10.3 Å². The van der Waals surface area contributed by atoms with Gasteiger partial charge in [-0.2, -0.15) is 0 Å². The van der Waals surface area contributed by atoms with Crippen LogP contribution in [0.15, 0.2) is 32.9 Å². The van der Waals surface area contributed by atoms with Crippen molar-refractivity contribution in [2.75, 3.05) is 0 Å². The summed E-state index contributed by atoms with van der Waals surface area (Å²) in [6, 6.07) is 5.27. The van der Waals surface area contributed by atoms with Gasteiger partial charge in [-0.25, -0.2) is 9.36 Å². The van der Waals surface area contributed by atoms with Crippen molar-refractivity contribution in [3.05, 3.63) is 55.7 Å². The number of nitrogens with zero attached hydrogens (tertiary/aromatic N) is 2. The molecule has 2 rings (SSSR count). The van der Waals surface area contributed by atoms with E-state index in [0.29, 0.717) is 5.69 Å². The summed E-state index contributed by atoms with van der Waals surface area (Å²) in [5.41, 5.74) is 0.288. The molecular formula is C13H13N3O4. The number of aromatic hydroxyl groups is 1. The second kappa shape index (κ2) is 5.04. The molecule has 7 nitrogen and oxygen atoms in total. The van der Waals surface area contributed by atoms with E-state index in [1.54, 1.807) is 19.1 Å². The molecule has 1 aromatic carbocycles. The Morgan fingerprint density at radius 1 is 1.30 bits per heavy atom. The molecule has 2 aromatic rings. The lowest BCUT2D eigenvalue weighted by atomic mass is 10.1. The molecule has 0 bridgehead atoms. The maximum Gasteiger partial charge on any atom is 0.335 e. The summed E-state index contributed by atoms with van der Waals surface area (Å²) in [5, 5.41) is 21.3. The van der Waals surface area contributed by atoms with E-state index in [2.05, 4.69) is 10.1 Å². The van der Waals surface area contributed by atoms with Gasteiger partial charge in [0.05, 0.1) is 11.9 Å². The van der Waals surface area contributed by atoms with E-state index in [-0.39, 0.29) is 5.56 Å². The van der Waals surface area contributed by atoms with Crippen LogP contribution in [0.4, 0.5) is 0 Å². The third kappa shape index (κ3) is 2.20. The second-order valence-electron chi connectivity index (χ2n) is 4.37. The molecule has 0 amide bonds. The van der Waals surface area contributed by atoms with Crippen LogP contribution in [0.3, 0.4) is 0 Å². The Kier molecular flexibility index (Phi) is 3.43. The minimum atomic E-state index is -0.827. The number of H-pyrrole nitrogens is 1. The highest BCUT2D eigenvalue weighted by molar-refractivity contribution is 5.81. The fourth-order valence-corrected chi connectivity index (χ4v) is 1.99. The topological polar surface area (TPSA) is 108 Å². The number of aryl methyl sites for hydroxylation is 2. The molecule has 104 valence electrons. The highest BCUT2D eigenvalue weighted by atomic mass is 16.4. The molecule has 7 heteroatoms. The van der Waals surface area contributed by atoms with Crippen LogP contribution in [-0.2, 0) is 0 Å². The lowest BCUT2D eigenvalue weighted by Crippen LogP contribution is -2.31. The summed E-state index contributed by atoms with van der Waals surface area (Å²) in [6.07, 6.45) is 0.771. The Morgan fingerprint density at radius 3 is 2.60 bits per heavy atom. The second-order valence-corrected chi connectivity index (χ2v) is 4.37. The van der Waals surface area contributed by atoms with Gasteiger partial charge in [-0.05, 0) is 25.5 Å². The van der Waals surface area contributed by atoms with E-state index in [4.69, 9.17) is 5.21 Å².